The predicted octanol–water partition coefficient (Wildman–Crippen LogP) is 17.4. The van der Waals surface area contributed by atoms with Gasteiger partial charge in [-0.3, -0.25) is 4.79 Å². The normalized spacial score (nSPS) is 19.4. The first-order valence-electron chi connectivity index (χ1n) is 32.6. The van der Waals surface area contributed by atoms with E-state index in [9.17, 15) is 30.3 Å². The summed E-state index contributed by atoms with van der Waals surface area (Å²) in [6.07, 6.45) is 85.0. The number of aliphatic hydroxyl groups excluding tert-OH is 5. The zero-order valence-corrected chi connectivity index (χ0v) is 51.2. The van der Waals surface area contributed by atoms with Gasteiger partial charge in [-0.25, -0.2) is 0 Å². The fourth-order valence-electron chi connectivity index (χ4n) is 9.32. The van der Waals surface area contributed by atoms with Crippen molar-refractivity contribution in [3.05, 3.63) is 146 Å². The third kappa shape index (κ3) is 48.2. The van der Waals surface area contributed by atoms with Crippen LogP contribution >= 0.6 is 0 Å². The number of hydrogen-bond donors (Lipinski definition) is 6. The van der Waals surface area contributed by atoms with Gasteiger partial charge < -0.3 is 40.3 Å². The molecule has 1 rings (SSSR count). The molecule has 7 atom stereocenters. The largest absolute Gasteiger partial charge is 0.394 e. The first kappa shape index (κ1) is 75.1. The minimum absolute atomic E-state index is 0.228. The molecule has 0 saturated carbocycles. The van der Waals surface area contributed by atoms with Crippen molar-refractivity contribution in [1.29, 1.82) is 0 Å². The van der Waals surface area contributed by atoms with E-state index in [1.165, 1.54) is 122 Å². The Morgan fingerprint density at radius 3 is 1.19 bits per heavy atom. The Morgan fingerprint density at radius 1 is 0.432 bits per heavy atom. The van der Waals surface area contributed by atoms with Crippen LogP contribution in [0.3, 0.4) is 0 Å². The van der Waals surface area contributed by atoms with Gasteiger partial charge in [0.15, 0.2) is 6.29 Å². The van der Waals surface area contributed by atoms with E-state index in [4.69, 9.17) is 9.47 Å². The van der Waals surface area contributed by atoms with E-state index < -0.39 is 49.5 Å². The molecule has 9 heteroatoms. The standard InChI is InChI=1S/C72H119NO8/c1-3-5-7-9-11-13-15-17-19-21-23-25-27-29-30-31-32-33-34-35-36-38-40-42-44-46-48-50-52-54-56-58-60-62-68(76)73-65(64-80-72-71(79)70(78)69(77)67(63-74)81-72)66(75)61-59-57-55-53-51-49-47-45-43-41-39-37-28-26-24-22-20-18-16-14-12-10-8-6-4-2/h5,7,11,13,17,19,23,25,29-30,32-33,35-36,40,42,46,48,51-54,59,61,65-67,69-72,74-75,77-79H,3-4,6,8-10,12,14-16,18,20-22,24,26-28,31,34,37-39,41,43-45,47,49-50,55-58,60,62-64H2,1-2H3,(H,73,76)/b7-5-,13-11-,19-17-,25-23-,30-29-,33-32-,36-35-,42-40-,48-46-,53-51+,54-52-,61-59+. The molecular weight excluding hydrogens is 1010 g/mol. The van der Waals surface area contributed by atoms with Crippen LogP contribution in [0, 0.1) is 0 Å². The molecule has 0 aliphatic carbocycles. The number of amides is 1. The van der Waals surface area contributed by atoms with Crippen molar-refractivity contribution in [1.82, 2.24) is 5.32 Å². The van der Waals surface area contributed by atoms with Gasteiger partial charge in [0.1, 0.15) is 24.4 Å². The van der Waals surface area contributed by atoms with E-state index in [-0.39, 0.29) is 18.9 Å². The average Bonchev–Trinajstić information content (AvgIpc) is 3.50. The Kier molecular flexibility index (Phi) is 54.9. The highest BCUT2D eigenvalue weighted by atomic mass is 16.7. The molecule has 0 aromatic carbocycles. The molecule has 1 aliphatic rings. The molecule has 0 aromatic rings. The molecule has 460 valence electrons. The molecule has 0 bridgehead atoms. The zero-order chi connectivity index (χ0) is 58.6. The summed E-state index contributed by atoms with van der Waals surface area (Å²) in [4.78, 5) is 13.1. The summed E-state index contributed by atoms with van der Waals surface area (Å²) in [5.74, 6) is -0.233. The Balaban J connectivity index is 2.27. The third-order valence-corrected chi connectivity index (χ3v) is 14.4. The lowest BCUT2D eigenvalue weighted by molar-refractivity contribution is -0.302. The third-order valence-electron chi connectivity index (χ3n) is 14.4. The Morgan fingerprint density at radius 2 is 0.778 bits per heavy atom. The van der Waals surface area contributed by atoms with Crippen molar-refractivity contribution in [2.75, 3.05) is 13.2 Å². The van der Waals surface area contributed by atoms with Crippen molar-refractivity contribution < 1.29 is 39.8 Å². The lowest BCUT2D eigenvalue weighted by atomic mass is 9.99. The van der Waals surface area contributed by atoms with Gasteiger partial charge in [-0.05, 0) is 109 Å². The summed E-state index contributed by atoms with van der Waals surface area (Å²) in [7, 11) is 0. The lowest BCUT2D eigenvalue weighted by Crippen LogP contribution is -2.60. The fourth-order valence-corrected chi connectivity index (χ4v) is 9.32. The Hall–Kier alpha value is -3.93. The monoisotopic (exact) mass is 1130 g/mol. The SMILES string of the molecule is CC/C=C\C/C=C\C/C=C\C/C=C\C/C=C\C/C=C\C/C=C\C/C=C\C/C=C\C/C=C\CCCCC(=O)NC(COC1OC(CO)C(O)C(O)C1O)C(O)/C=C/CC/C=C/CCCCCCCCCCCCCCCCCCCCC. The second kappa shape index (κ2) is 59.2. The predicted molar refractivity (Wildman–Crippen MR) is 345 cm³/mol. The van der Waals surface area contributed by atoms with Crippen molar-refractivity contribution in [3.63, 3.8) is 0 Å². The van der Waals surface area contributed by atoms with Crippen LogP contribution in [0.15, 0.2) is 146 Å². The maximum Gasteiger partial charge on any atom is 0.220 e. The van der Waals surface area contributed by atoms with Crippen LogP contribution in [0.1, 0.15) is 245 Å². The number of hydrogen-bond acceptors (Lipinski definition) is 8. The minimum Gasteiger partial charge on any atom is -0.394 e. The molecule has 1 amide bonds. The van der Waals surface area contributed by atoms with Crippen LogP contribution < -0.4 is 5.32 Å². The lowest BCUT2D eigenvalue weighted by Gasteiger charge is -2.40. The summed E-state index contributed by atoms with van der Waals surface area (Å²) < 4.78 is 11.3. The molecule has 9 nitrogen and oxygen atoms in total. The summed E-state index contributed by atoms with van der Waals surface area (Å²) in [5, 5.41) is 54.6. The van der Waals surface area contributed by atoms with E-state index in [0.29, 0.717) is 6.42 Å². The number of ether oxygens (including phenoxy) is 2. The maximum absolute atomic E-state index is 13.1. The molecule has 1 saturated heterocycles. The summed E-state index contributed by atoms with van der Waals surface area (Å²) in [6, 6.07) is -0.858. The smallest absolute Gasteiger partial charge is 0.220 e. The van der Waals surface area contributed by atoms with Crippen LogP contribution in [0.5, 0.6) is 0 Å². The van der Waals surface area contributed by atoms with E-state index in [1.54, 1.807) is 6.08 Å². The quantitative estimate of drug-likeness (QED) is 0.0261. The molecule has 1 aliphatic heterocycles. The maximum atomic E-state index is 13.1. The van der Waals surface area contributed by atoms with E-state index in [2.05, 4.69) is 153 Å². The zero-order valence-electron chi connectivity index (χ0n) is 51.2. The van der Waals surface area contributed by atoms with Crippen LogP contribution in [0.25, 0.3) is 0 Å². The molecule has 1 fully saturated rings. The van der Waals surface area contributed by atoms with Gasteiger partial charge in [-0.1, -0.05) is 275 Å². The molecule has 0 radical (unpaired) electrons. The average molecular weight is 1130 g/mol. The van der Waals surface area contributed by atoms with Crippen LogP contribution in [0.4, 0.5) is 0 Å². The number of carbonyl (C=O) groups is 1. The topological polar surface area (TPSA) is 149 Å². The Bertz CT molecular complexity index is 1780. The molecule has 0 aromatic heterocycles. The number of aliphatic hydroxyl groups is 5. The van der Waals surface area contributed by atoms with Crippen molar-refractivity contribution >= 4 is 5.91 Å². The van der Waals surface area contributed by atoms with Gasteiger partial charge >= 0.3 is 0 Å². The van der Waals surface area contributed by atoms with Crippen molar-refractivity contribution in [3.8, 4) is 0 Å². The first-order chi connectivity index (χ1) is 39.8. The second-order valence-corrected chi connectivity index (χ2v) is 21.8. The van der Waals surface area contributed by atoms with Gasteiger partial charge in [0.2, 0.25) is 5.91 Å². The summed E-state index contributed by atoms with van der Waals surface area (Å²) in [6.45, 7) is 3.63. The number of unbranched alkanes of at least 4 members (excludes halogenated alkanes) is 22. The van der Waals surface area contributed by atoms with E-state index >= 15 is 0 Å². The van der Waals surface area contributed by atoms with Crippen molar-refractivity contribution in [2.24, 2.45) is 0 Å². The highest BCUT2D eigenvalue weighted by Gasteiger charge is 2.44. The Labute approximate surface area is 495 Å². The summed E-state index contributed by atoms with van der Waals surface area (Å²) in [5.41, 5.74) is 0. The number of carbonyl (C=O) groups excluding carboxylic acids is 1. The first-order valence-corrected chi connectivity index (χ1v) is 32.6. The van der Waals surface area contributed by atoms with Gasteiger partial charge in [-0.15, -0.1) is 0 Å². The van der Waals surface area contributed by atoms with Gasteiger partial charge in [0, 0.05) is 6.42 Å². The molecule has 7 unspecified atom stereocenters. The second-order valence-electron chi connectivity index (χ2n) is 21.8. The summed E-state index contributed by atoms with van der Waals surface area (Å²) >= 11 is 0. The van der Waals surface area contributed by atoms with Crippen molar-refractivity contribution in [2.45, 2.75) is 288 Å². The van der Waals surface area contributed by atoms with Gasteiger partial charge in [0.05, 0.1) is 25.4 Å². The molecule has 0 spiro atoms. The van der Waals surface area contributed by atoms with E-state index in [0.717, 1.165) is 96.3 Å². The van der Waals surface area contributed by atoms with Gasteiger partial charge in [0.25, 0.3) is 0 Å². The number of allylic oxidation sites excluding steroid dienone is 23. The molecule has 1 heterocycles. The fraction of sp³-hybridized carbons (Fsp3) is 0.653. The van der Waals surface area contributed by atoms with Gasteiger partial charge in [-0.2, -0.15) is 0 Å². The minimum atomic E-state index is -1.59. The molecular formula is C72H119NO8. The number of nitrogens with one attached hydrogen (secondary N) is 1. The molecule has 6 N–H and O–H groups in total. The number of rotatable bonds is 54. The highest BCUT2D eigenvalue weighted by molar-refractivity contribution is 5.76. The van der Waals surface area contributed by atoms with Crippen LogP contribution in [0.2, 0.25) is 0 Å². The van der Waals surface area contributed by atoms with Crippen LogP contribution in [-0.4, -0.2) is 87.5 Å². The van der Waals surface area contributed by atoms with E-state index in [1.807, 2.05) is 6.08 Å². The highest BCUT2D eigenvalue weighted by Crippen LogP contribution is 2.23. The van der Waals surface area contributed by atoms with Crippen LogP contribution in [-0.2, 0) is 14.3 Å². The molecule has 81 heavy (non-hydrogen) atoms.